The molecule has 0 saturated carbocycles. The summed E-state index contributed by atoms with van der Waals surface area (Å²) in [5.41, 5.74) is 3.20. The van der Waals surface area contributed by atoms with E-state index >= 15 is 0 Å². The van der Waals surface area contributed by atoms with E-state index in [1.165, 1.54) is 0 Å². The third-order valence-corrected chi connectivity index (χ3v) is 4.83. The molecule has 0 fully saturated rings. The van der Waals surface area contributed by atoms with Crippen molar-refractivity contribution in [2.24, 2.45) is 4.99 Å². The summed E-state index contributed by atoms with van der Waals surface area (Å²) in [6, 6.07) is 22.7. The van der Waals surface area contributed by atoms with Crippen molar-refractivity contribution in [3.8, 4) is 0 Å². The summed E-state index contributed by atoms with van der Waals surface area (Å²) in [7, 11) is 0. The van der Waals surface area contributed by atoms with Gasteiger partial charge in [-0.05, 0) is 70.0 Å². The summed E-state index contributed by atoms with van der Waals surface area (Å²) in [5, 5.41) is 2.89. The second kappa shape index (κ2) is 9.44. The zero-order valence-corrected chi connectivity index (χ0v) is 17.4. The molecule has 134 valence electrons. The molecule has 0 aliphatic carbocycles. The Balaban J connectivity index is 1.65. The highest BCUT2D eigenvalue weighted by molar-refractivity contribution is 9.10. The van der Waals surface area contributed by atoms with Gasteiger partial charge in [0, 0.05) is 20.7 Å². The SMILES string of the molecule is O=C(Nc1ccc(N=C/C=C/c2cccc(Br)c2)cc1Br)c1ccccc1. The Kier molecular flexibility index (Phi) is 6.74. The lowest BCUT2D eigenvalue weighted by molar-refractivity contribution is 0.102. The van der Waals surface area contributed by atoms with Gasteiger partial charge in [-0.15, -0.1) is 0 Å². The van der Waals surface area contributed by atoms with E-state index in [0.717, 1.165) is 20.2 Å². The molecule has 0 atom stereocenters. The van der Waals surface area contributed by atoms with Gasteiger partial charge in [-0.1, -0.05) is 52.3 Å². The summed E-state index contributed by atoms with van der Waals surface area (Å²) in [6.45, 7) is 0. The highest BCUT2D eigenvalue weighted by Gasteiger charge is 2.08. The van der Waals surface area contributed by atoms with Crippen molar-refractivity contribution in [3.05, 3.63) is 98.9 Å². The number of halogens is 2. The molecule has 0 aliphatic heterocycles. The molecular weight excluding hydrogens is 468 g/mol. The standard InChI is InChI=1S/C22H16Br2N2O/c23-18-10-4-6-16(14-18)7-5-13-25-19-11-12-21(20(24)15-19)26-22(27)17-8-2-1-3-9-17/h1-15H,(H,26,27)/b7-5+,25-13?. The topological polar surface area (TPSA) is 41.5 Å². The lowest BCUT2D eigenvalue weighted by atomic mass is 10.2. The van der Waals surface area contributed by atoms with Crippen molar-refractivity contribution in [2.75, 3.05) is 5.32 Å². The minimum absolute atomic E-state index is 0.149. The molecular formula is C22H16Br2N2O. The molecule has 3 nitrogen and oxygen atoms in total. The number of carbonyl (C=O) groups excluding carboxylic acids is 1. The summed E-state index contributed by atoms with van der Waals surface area (Å²) < 4.78 is 1.82. The predicted molar refractivity (Wildman–Crippen MR) is 120 cm³/mol. The van der Waals surface area contributed by atoms with Gasteiger partial charge in [0.2, 0.25) is 0 Å². The maximum atomic E-state index is 12.2. The fourth-order valence-electron chi connectivity index (χ4n) is 2.36. The number of benzene rings is 3. The average Bonchev–Trinajstić information content (AvgIpc) is 2.68. The first kappa shape index (κ1) is 19.3. The number of hydrogen-bond donors (Lipinski definition) is 1. The molecule has 0 aliphatic rings. The molecule has 5 heteroatoms. The van der Waals surface area contributed by atoms with Gasteiger partial charge in [0.05, 0.1) is 11.4 Å². The number of nitrogens with zero attached hydrogens (tertiary/aromatic N) is 1. The van der Waals surface area contributed by atoms with Gasteiger partial charge in [-0.2, -0.15) is 0 Å². The van der Waals surface area contributed by atoms with E-state index in [1.54, 1.807) is 18.3 Å². The molecule has 0 unspecified atom stereocenters. The number of anilines is 1. The third kappa shape index (κ3) is 5.74. The summed E-state index contributed by atoms with van der Waals surface area (Å²) >= 11 is 6.94. The molecule has 0 saturated heterocycles. The highest BCUT2D eigenvalue weighted by Crippen LogP contribution is 2.27. The van der Waals surface area contributed by atoms with Crippen LogP contribution in [-0.2, 0) is 0 Å². The van der Waals surface area contributed by atoms with Crippen LogP contribution in [0.4, 0.5) is 11.4 Å². The number of allylic oxidation sites excluding steroid dienone is 1. The van der Waals surface area contributed by atoms with Gasteiger partial charge in [0.1, 0.15) is 0 Å². The van der Waals surface area contributed by atoms with E-state index < -0.39 is 0 Å². The molecule has 3 rings (SSSR count). The molecule has 1 amide bonds. The Morgan fingerprint density at radius 3 is 2.48 bits per heavy atom. The van der Waals surface area contributed by atoms with Gasteiger partial charge < -0.3 is 5.32 Å². The van der Waals surface area contributed by atoms with Crippen molar-refractivity contribution >= 4 is 61.4 Å². The Morgan fingerprint density at radius 1 is 0.926 bits per heavy atom. The minimum Gasteiger partial charge on any atom is -0.321 e. The number of carbonyl (C=O) groups is 1. The van der Waals surface area contributed by atoms with Crippen molar-refractivity contribution in [2.45, 2.75) is 0 Å². The van der Waals surface area contributed by atoms with E-state index in [2.05, 4.69) is 42.2 Å². The van der Waals surface area contributed by atoms with Gasteiger partial charge in [-0.25, -0.2) is 0 Å². The van der Waals surface area contributed by atoms with Crippen LogP contribution < -0.4 is 5.32 Å². The first-order chi connectivity index (χ1) is 13.1. The molecule has 3 aromatic rings. The van der Waals surface area contributed by atoms with E-state index in [4.69, 9.17) is 0 Å². The monoisotopic (exact) mass is 482 g/mol. The van der Waals surface area contributed by atoms with Crippen LogP contribution in [0.25, 0.3) is 6.08 Å². The average molecular weight is 484 g/mol. The van der Waals surface area contributed by atoms with Crippen LogP contribution in [0.2, 0.25) is 0 Å². The molecule has 0 heterocycles. The van der Waals surface area contributed by atoms with Crippen LogP contribution in [0.5, 0.6) is 0 Å². The fraction of sp³-hybridized carbons (Fsp3) is 0. The van der Waals surface area contributed by atoms with Crippen molar-refractivity contribution in [1.82, 2.24) is 0 Å². The fourth-order valence-corrected chi connectivity index (χ4v) is 3.25. The maximum absolute atomic E-state index is 12.2. The number of amides is 1. The summed E-state index contributed by atoms with van der Waals surface area (Å²) in [6.07, 6.45) is 5.61. The van der Waals surface area contributed by atoms with Crippen LogP contribution >= 0.6 is 31.9 Å². The smallest absolute Gasteiger partial charge is 0.255 e. The molecule has 0 bridgehead atoms. The van der Waals surface area contributed by atoms with Crippen LogP contribution in [0.3, 0.4) is 0 Å². The maximum Gasteiger partial charge on any atom is 0.255 e. The quantitative estimate of drug-likeness (QED) is 0.395. The molecule has 27 heavy (non-hydrogen) atoms. The Morgan fingerprint density at radius 2 is 1.74 bits per heavy atom. The van der Waals surface area contributed by atoms with Crippen LogP contribution in [0.1, 0.15) is 15.9 Å². The first-order valence-electron chi connectivity index (χ1n) is 8.24. The van der Waals surface area contributed by atoms with Gasteiger partial charge in [-0.3, -0.25) is 9.79 Å². The zero-order valence-electron chi connectivity index (χ0n) is 14.3. The molecule has 3 aromatic carbocycles. The van der Waals surface area contributed by atoms with E-state index in [0.29, 0.717) is 11.3 Å². The Bertz CT molecular complexity index is 998. The highest BCUT2D eigenvalue weighted by atomic mass is 79.9. The number of rotatable bonds is 5. The second-order valence-corrected chi connectivity index (χ2v) is 7.45. The van der Waals surface area contributed by atoms with Crippen molar-refractivity contribution in [3.63, 3.8) is 0 Å². The minimum atomic E-state index is -0.149. The van der Waals surface area contributed by atoms with Crippen molar-refractivity contribution in [1.29, 1.82) is 0 Å². The number of aliphatic imine (C=N–C) groups is 1. The van der Waals surface area contributed by atoms with Gasteiger partial charge in [0.15, 0.2) is 0 Å². The molecule has 0 radical (unpaired) electrons. The van der Waals surface area contributed by atoms with Crippen LogP contribution in [0.15, 0.2) is 92.8 Å². The lowest BCUT2D eigenvalue weighted by Crippen LogP contribution is -2.11. The number of hydrogen-bond acceptors (Lipinski definition) is 2. The normalized spacial score (nSPS) is 11.2. The van der Waals surface area contributed by atoms with Gasteiger partial charge in [0.25, 0.3) is 5.91 Å². The largest absolute Gasteiger partial charge is 0.321 e. The van der Waals surface area contributed by atoms with Gasteiger partial charge >= 0.3 is 0 Å². The zero-order chi connectivity index (χ0) is 19.1. The molecule has 0 aromatic heterocycles. The first-order valence-corrected chi connectivity index (χ1v) is 9.83. The third-order valence-electron chi connectivity index (χ3n) is 3.68. The lowest BCUT2D eigenvalue weighted by Gasteiger charge is -2.08. The Labute approximate surface area is 175 Å². The summed E-state index contributed by atoms with van der Waals surface area (Å²) in [5.74, 6) is -0.149. The molecule has 1 N–H and O–H groups in total. The second-order valence-electron chi connectivity index (χ2n) is 5.68. The summed E-state index contributed by atoms with van der Waals surface area (Å²) in [4.78, 5) is 16.7. The van der Waals surface area contributed by atoms with Crippen molar-refractivity contribution < 1.29 is 4.79 Å². The Hall–Kier alpha value is -2.50. The predicted octanol–water partition coefficient (Wildman–Crippen LogP) is 6.88. The van der Waals surface area contributed by atoms with E-state index in [-0.39, 0.29) is 5.91 Å². The van der Waals surface area contributed by atoms with E-state index in [1.807, 2.05) is 72.8 Å². The van der Waals surface area contributed by atoms with Crippen LogP contribution in [0, 0.1) is 0 Å². The van der Waals surface area contributed by atoms with Crippen LogP contribution in [-0.4, -0.2) is 12.1 Å². The van der Waals surface area contributed by atoms with E-state index in [9.17, 15) is 4.79 Å². The molecule has 0 spiro atoms. The number of nitrogens with one attached hydrogen (secondary N) is 1.